The summed E-state index contributed by atoms with van der Waals surface area (Å²) in [6, 6.07) is 6.54. The number of ether oxygens (including phenoxy) is 1. The van der Waals surface area contributed by atoms with Crippen LogP contribution in [0.1, 0.15) is 16.8 Å². The summed E-state index contributed by atoms with van der Waals surface area (Å²) in [5.74, 6) is 0.206. The van der Waals surface area contributed by atoms with Crippen molar-refractivity contribution in [3.63, 3.8) is 0 Å². The molecule has 1 fully saturated rings. The van der Waals surface area contributed by atoms with Crippen molar-refractivity contribution in [2.45, 2.75) is 6.42 Å². The van der Waals surface area contributed by atoms with Crippen LogP contribution in [0, 0.1) is 5.82 Å². The first-order valence-corrected chi connectivity index (χ1v) is 9.02. The molecule has 7 nitrogen and oxygen atoms in total. The quantitative estimate of drug-likeness (QED) is 0.745. The smallest absolute Gasteiger partial charge is 0.254 e. The lowest BCUT2D eigenvalue weighted by Gasteiger charge is -2.36. The molecular formula is C19H24FN5O2. The monoisotopic (exact) mass is 373 g/mol. The molecule has 27 heavy (non-hydrogen) atoms. The lowest BCUT2D eigenvalue weighted by Crippen LogP contribution is -2.47. The third-order valence-corrected chi connectivity index (χ3v) is 4.47. The first-order chi connectivity index (χ1) is 13.2. The Balaban J connectivity index is 1.51. The minimum atomic E-state index is -0.228. The van der Waals surface area contributed by atoms with E-state index < -0.39 is 0 Å². The van der Waals surface area contributed by atoms with Crippen molar-refractivity contribution in [1.29, 1.82) is 0 Å². The van der Waals surface area contributed by atoms with E-state index >= 15 is 0 Å². The van der Waals surface area contributed by atoms with Gasteiger partial charge in [-0.1, -0.05) is 0 Å². The molecule has 144 valence electrons. The SMILES string of the molecule is COCCCNC(=O)c1cnc(N2CCN(c3ccc(F)cc3)CC2)nc1. The van der Waals surface area contributed by atoms with Crippen molar-refractivity contribution in [2.75, 3.05) is 56.2 Å². The average molecular weight is 373 g/mol. The molecule has 0 spiro atoms. The largest absolute Gasteiger partial charge is 0.385 e. The second-order valence-corrected chi connectivity index (χ2v) is 6.32. The maximum atomic E-state index is 13.1. The summed E-state index contributed by atoms with van der Waals surface area (Å²) in [5.41, 5.74) is 1.46. The van der Waals surface area contributed by atoms with Crippen LogP contribution in [-0.2, 0) is 4.74 Å². The van der Waals surface area contributed by atoms with Gasteiger partial charge in [0, 0.05) is 64.5 Å². The van der Waals surface area contributed by atoms with E-state index in [0.717, 1.165) is 38.3 Å². The summed E-state index contributed by atoms with van der Waals surface area (Å²) in [4.78, 5) is 25.0. The lowest BCUT2D eigenvalue weighted by molar-refractivity contribution is 0.0948. The van der Waals surface area contributed by atoms with E-state index in [2.05, 4.69) is 25.1 Å². The number of methoxy groups -OCH3 is 1. The number of nitrogens with one attached hydrogen (secondary N) is 1. The Morgan fingerprint density at radius 1 is 1.11 bits per heavy atom. The fraction of sp³-hybridized carbons (Fsp3) is 0.421. The predicted octanol–water partition coefficient (Wildman–Crippen LogP) is 1.71. The van der Waals surface area contributed by atoms with Crippen molar-refractivity contribution in [3.05, 3.63) is 48.0 Å². The Bertz CT molecular complexity index is 731. The van der Waals surface area contributed by atoms with Crippen LogP contribution in [0.2, 0.25) is 0 Å². The van der Waals surface area contributed by atoms with Gasteiger partial charge in [0.2, 0.25) is 5.95 Å². The van der Waals surface area contributed by atoms with Crippen molar-refractivity contribution >= 4 is 17.5 Å². The minimum absolute atomic E-state index is 0.182. The van der Waals surface area contributed by atoms with Gasteiger partial charge in [0.1, 0.15) is 5.82 Å². The highest BCUT2D eigenvalue weighted by Crippen LogP contribution is 2.18. The Morgan fingerprint density at radius 3 is 2.37 bits per heavy atom. The van der Waals surface area contributed by atoms with Crippen LogP contribution in [0.3, 0.4) is 0 Å². The number of halogens is 1. The molecule has 1 aromatic heterocycles. The molecular weight excluding hydrogens is 349 g/mol. The third-order valence-electron chi connectivity index (χ3n) is 4.47. The van der Waals surface area contributed by atoms with Crippen LogP contribution in [0.15, 0.2) is 36.7 Å². The standard InChI is InChI=1S/C19H24FN5O2/c1-27-12-2-7-21-18(26)15-13-22-19(23-14-15)25-10-8-24(9-11-25)17-5-3-16(20)4-6-17/h3-6,13-14H,2,7-12H2,1H3,(H,21,26). The molecule has 3 rings (SSSR count). The van der Waals surface area contributed by atoms with E-state index in [-0.39, 0.29) is 11.7 Å². The summed E-state index contributed by atoms with van der Waals surface area (Å²) in [7, 11) is 1.63. The zero-order chi connectivity index (χ0) is 19.1. The highest BCUT2D eigenvalue weighted by molar-refractivity contribution is 5.93. The topological polar surface area (TPSA) is 70.6 Å². The molecule has 2 heterocycles. The summed E-state index contributed by atoms with van der Waals surface area (Å²) in [5, 5.41) is 2.81. The van der Waals surface area contributed by atoms with Crippen molar-refractivity contribution < 1.29 is 13.9 Å². The molecule has 0 radical (unpaired) electrons. The number of amides is 1. The number of hydrogen-bond acceptors (Lipinski definition) is 6. The van der Waals surface area contributed by atoms with Gasteiger partial charge >= 0.3 is 0 Å². The lowest BCUT2D eigenvalue weighted by atomic mass is 10.2. The number of hydrogen-bond donors (Lipinski definition) is 1. The highest BCUT2D eigenvalue weighted by atomic mass is 19.1. The maximum Gasteiger partial charge on any atom is 0.254 e. The zero-order valence-corrected chi connectivity index (χ0v) is 15.4. The van der Waals surface area contributed by atoms with E-state index in [1.54, 1.807) is 31.6 Å². The predicted molar refractivity (Wildman–Crippen MR) is 102 cm³/mol. The van der Waals surface area contributed by atoms with Gasteiger partial charge in [0.15, 0.2) is 0 Å². The molecule has 0 saturated carbocycles. The van der Waals surface area contributed by atoms with Gasteiger partial charge in [-0.2, -0.15) is 0 Å². The van der Waals surface area contributed by atoms with Crippen LogP contribution in [0.25, 0.3) is 0 Å². The molecule has 0 atom stereocenters. The van der Waals surface area contributed by atoms with Gasteiger partial charge in [0.25, 0.3) is 5.91 Å². The average Bonchev–Trinajstić information content (AvgIpc) is 2.72. The van der Waals surface area contributed by atoms with Gasteiger partial charge < -0.3 is 19.9 Å². The van der Waals surface area contributed by atoms with Gasteiger partial charge in [0.05, 0.1) is 5.56 Å². The van der Waals surface area contributed by atoms with E-state index in [1.807, 2.05) is 0 Å². The number of carbonyl (C=O) groups excluding carboxylic acids is 1. The molecule has 0 aliphatic carbocycles. The Kier molecular flexibility index (Phi) is 6.54. The van der Waals surface area contributed by atoms with E-state index in [9.17, 15) is 9.18 Å². The second-order valence-electron chi connectivity index (χ2n) is 6.32. The van der Waals surface area contributed by atoms with Crippen LogP contribution in [0.4, 0.5) is 16.0 Å². The third kappa shape index (κ3) is 5.13. The fourth-order valence-electron chi connectivity index (χ4n) is 2.94. The van der Waals surface area contributed by atoms with Gasteiger partial charge in [-0.15, -0.1) is 0 Å². The number of nitrogens with zero attached hydrogens (tertiary/aromatic N) is 4. The first-order valence-electron chi connectivity index (χ1n) is 9.02. The fourth-order valence-corrected chi connectivity index (χ4v) is 2.94. The summed E-state index contributed by atoms with van der Waals surface area (Å²) in [6.45, 7) is 4.30. The van der Waals surface area contributed by atoms with Crippen molar-refractivity contribution in [1.82, 2.24) is 15.3 Å². The van der Waals surface area contributed by atoms with Crippen LogP contribution in [0.5, 0.6) is 0 Å². The molecule has 1 aromatic carbocycles. The van der Waals surface area contributed by atoms with Crippen LogP contribution < -0.4 is 15.1 Å². The van der Waals surface area contributed by atoms with Gasteiger partial charge in [-0.25, -0.2) is 14.4 Å². The molecule has 1 aliphatic rings. The normalized spacial score (nSPS) is 14.3. The Morgan fingerprint density at radius 2 is 1.74 bits per heavy atom. The summed E-state index contributed by atoms with van der Waals surface area (Å²) in [6.07, 6.45) is 3.88. The molecule has 0 unspecified atom stereocenters. The Hall–Kier alpha value is -2.74. The maximum absolute atomic E-state index is 13.1. The van der Waals surface area contributed by atoms with E-state index in [0.29, 0.717) is 24.7 Å². The molecule has 1 N–H and O–H groups in total. The molecule has 1 amide bonds. The van der Waals surface area contributed by atoms with Crippen molar-refractivity contribution in [3.8, 4) is 0 Å². The minimum Gasteiger partial charge on any atom is -0.385 e. The number of anilines is 2. The highest BCUT2D eigenvalue weighted by Gasteiger charge is 2.19. The second kappa shape index (κ2) is 9.27. The summed E-state index contributed by atoms with van der Waals surface area (Å²) >= 11 is 0. The number of aromatic nitrogens is 2. The van der Waals surface area contributed by atoms with E-state index in [4.69, 9.17) is 4.74 Å². The van der Waals surface area contributed by atoms with Gasteiger partial charge in [-0.05, 0) is 30.7 Å². The van der Waals surface area contributed by atoms with Crippen molar-refractivity contribution in [2.24, 2.45) is 0 Å². The molecule has 8 heteroatoms. The van der Waals surface area contributed by atoms with Crippen LogP contribution >= 0.6 is 0 Å². The van der Waals surface area contributed by atoms with Crippen LogP contribution in [-0.4, -0.2) is 62.3 Å². The Labute approximate surface area is 158 Å². The zero-order valence-electron chi connectivity index (χ0n) is 15.4. The van der Waals surface area contributed by atoms with E-state index in [1.165, 1.54) is 12.1 Å². The van der Waals surface area contributed by atoms with Gasteiger partial charge in [-0.3, -0.25) is 4.79 Å². The summed E-state index contributed by atoms with van der Waals surface area (Å²) < 4.78 is 18.0. The molecule has 1 saturated heterocycles. The molecule has 1 aliphatic heterocycles. The first kappa shape index (κ1) is 19.0. The molecule has 2 aromatic rings. The molecule has 0 bridgehead atoms. The number of carbonyl (C=O) groups is 1. The number of piperazine rings is 1. The number of rotatable bonds is 7. The number of benzene rings is 1.